The van der Waals surface area contributed by atoms with E-state index in [2.05, 4.69) is 75.5 Å². The summed E-state index contributed by atoms with van der Waals surface area (Å²) in [5.41, 5.74) is 2.41. The van der Waals surface area contributed by atoms with Gasteiger partial charge in [-0.3, -0.25) is 0 Å². The van der Waals surface area contributed by atoms with E-state index in [4.69, 9.17) is 4.43 Å². The van der Waals surface area contributed by atoms with Gasteiger partial charge in [0.15, 0.2) is 0 Å². The second kappa shape index (κ2) is 6.70. The number of hydrogen-bond donors (Lipinski definition) is 0. The van der Waals surface area contributed by atoms with Gasteiger partial charge >= 0.3 is 0 Å². The van der Waals surface area contributed by atoms with Crippen LogP contribution in [0.25, 0.3) is 0 Å². The normalized spacial score (nSPS) is 12.3. The van der Waals surface area contributed by atoms with E-state index < -0.39 is 8.32 Å². The van der Waals surface area contributed by atoms with Crippen LogP contribution in [0.2, 0.25) is 11.1 Å². The Bertz CT molecular complexity index is 497. The lowest BCUT2D eigenvalue weighted by molar-refractivity contribution is 0.283. The third-order valence-electron chi connectivity index (χ3n) is 3.94. The van der Waals surface area contributed by atoms with Gasteiger partial charge in [-0.15, -0.1) is 0 Å². The molecule has 0 amide bonds. The van der Waals surface area contributed by atoms with Gasteiger partial charge in [-0.25, -0.2) is 0 Å². The molecule has 1 aromatic heterocycles. The predicted molar refractivity (Wildman–Crippen MR) is 91.1 cm³/mol. The van der Waals surface area contributed by atoms with E-state index in [-0.39, 0.29) is 0 Å². The maximum atomic E-state index is 6.63. The third-order valence-corrected chi connectivity index (χ3v) is 10.9. The van der Waals surface area contributed by atoms with E-state index in [1.54, 1.807) is 0 Å². The molecule has 0 unspecified atom stereocenters. The third kappa shape index (κ3) is 3.05. The average molecular weight is 305 g/mol. The summed E-state index contributed by atoms with van der Waals surface area (Å²) in [4.78, 5) is 0. The topological polar surface area (TPSA) is 9.23 Å². The van der Waals surface area contributed by atoms with Gasteiger partial charge in [0.2, 0.25) is 8.32 Å². The van der Waals surface area contributed by atoms with Gasteiger partial charge in [0.05, 0.1) is 6.61 Å². The van der Waals surface area contributed by atoms with Crippen LogP contribution in [0.3, 0.4) is 0 Å². The van der Waals surface area contributed by atoms with Crippen LogP contribution in [0.1, 0.15) is 33.3 Å². The van der Waals surface area contributed by atoms with Crippen molar-refractivity contribution >= 4 is 24.2 Å². The molecule has 20 heavy (non-hydrogen) atoms. The minimum Gasteiger partial charge on any atom is -0.407 e. The molecule has 0 saturated heterocycles. The molecule has 0 aliphatic rings. The fourth-order valence-corrected chi connectivity index (χ4v) is 9.95. The fraction of sp³-hybridized carbons (Fsp3) is 0.412. The van der Waals surface area contributed by atoms with Crippen LogP contribution in [0, 0.1) is 0 Å². The number of rotatable bonds is 6. The van der Waals surface area contributed by atoms with Gasteiger partial charge < -0.3 is 4.43 Å². The molecule has 0 aliphatic carbocycles. The maximum Gasteiger partial charge on any atom is 0.239 e. The van der Waals surface area contributed by atoms with Crippen molar-refractivity contribution in [2.45, 2.75) is 45.4 Å². The van der Waals surface area contributed by atoms with Crippen LogP contribution in [0.4, 0.5) is 0 Å². The summed E-state index contributed by atoms with van der Waals surface area (Å²) in [6.45, 7) is 9.99. The van der Waals surface area contributed by atoms with E-state index in [0.29, 0.717) is 11.1 Å². The van der Waals surface area contributed by atoms with E-state index >= 15 is 0 Å². The van der Waals surface area contributed by atoms with Crippen LogP contribution in [0.5, 0.6) is 0 Å². The Kier molecular flexibility index (Phi) is 5.19. The predicted octanol–water partition coefficient (Wildman–Crippen LogP) is 4.94. The van der Waals surface area contributed by atoms with Gasteiger partial charge in [0.1, 0.15) is 0 Å². The van der Waals surface area contributed by atoms with Crippen molar-refractivity contribution in [1.29, 1.82) is 0 Å². The zero-order chi connectivity index (χ0) is 14.6. The SMILES string of the molecule is CC(C)[Si](OCc1ccccc1)(c1cccs1)C(C)C. The molecule has 0 bridgehead atoms. The van der Waals surface area contributed by atoms with E-state index in [1.807, 2.05) is 11.3 Å². The molecular weight excluding hydrogens is 280 g/mol. The molecule has 108 valence electrons. The first-order valence-corrected chi connectivity index (χ1v) is 10.2. The minimum absolute atomic E-state index is 0.574. The largest absolute Gasteiger partial charge is 0.407 e. The Morgan fingerprint density at radius 3 is 2.10 bits per heavy atom. The standard InChI is InChI=1S/C17H24OSSi/c1-14(2)20(15(3)4,17-11-8-12-19-17)18-13-16-9-6-5-7-10-16/h5-12,14-15H,13H2,1-4H3. The fourth-order valence-electron chi connectivity index (χ4n) is 2.92. The van der Waals surface area contributed by atoms with Crippen molar-refractivity contribution in [3.8, 4) is 0 Å². The lowest BCUT2D eigenvalue weighted by Crippen LogP contribution is -2.54. The van der Waals surface area contributed by atoms with Gasteiger partial charge in [0.25, 0.3) is 0 Å². The lowest BCUT2D eigenvalue weighted by atomic mass is 10.2. The first-order chi connectivity index (χ1) is 9.57. The van der Waals surface area contributed by atoms with Crippen molar-refractivity contribution < 1.29 is 4.43 Å². The molecule has 0 radical (unpaired) electrons. The quantitative estimate of drug-likeness (QED) is 0.687. The molecule has 1 aromatic carbocycles. The van der Waals surface area contributed by atoms with Crippen molar-refractivity contribution in [2.24, 2.45) is 0 Å². The van der Waals surface area contributed by atoms with Gasteiger partial charge in [-0.2, -0.15) is 11.3 Å². The summed E-state index contributed by atoms with van der Waals surface area (Å²) < 4.78 is 8.10. The minimum atomic E-state index is -1.94. The molecule has 1 nitrogen and oxygen atoms in total. The molecule has 2 rings (SSSR count). The second-order valence-corrected chi connectivity index (χ2v) is 11.9. The summed E-state index contributed by atoms with van der Waals surface area (Å²) in [7, 11) is -1.94. The van der Waals surface area contributed by atoms with Crippen molar-refractivity contribution in [1.82, 2.24) is 0 Å². The van der Waals surface area contributed by atoms with E-state index in [1.165, 1.54) is 10.1 Å². The summed E-state index contributed by atoms with van der Waals surface area (Å²) in [5, 5.41) is 2.17. The van der Waals surface area contributed by atoms with Crippen molar-refractivity contribution in [2.75, 3.05) is 0 Å². The van der Waals surface area contributed by atoms with Crippen LogP contribution in [-0.4, -0.2) is 8.32 Å². The van der Waals surface area contributed by atoms with Gasteiger partial charge in [-0.1, -0.05) is 64.1 Å². The molecule has 0 aliphatic heterocycles. The van der Waals surface area contributed by atoms with Crippen molar-refractivity contribution in [3.05, 3.63) is 53.4 Å². The average Bonchev–Trinajstić information content (AvgIpc) is 2.94. The number of benzene rings is 1. The molecule has 0 spiro atoms. The first-order valence-electron chi connectivity index (χ1n) is 7.29. The Labute approximate surface area is 127 Å². The van der Waals surface area contributed by atoms with Crippen LogP contribution < -0.4 is 4.50 Å². The Morgan fingerprint density at radius 1 is 0.950 bits per heavy atom. The summed E-state index contributed by atoms with van der Waals surface area (Å²) >= 11 is 1.86. The highest BCUT2D eigenvalue weighted by Crippen LogP contribution is 2.35. The van der Waals surface area contributed by atoms with Crippen LogP contribution in [0.15, 0.2) is 47.8 Å². The highest BCUT2D eigenvalue weighted by Gasteiger charge is 2.44. The Hall–Kier alpha value is -0.903. The summed E-state index contributed by atoms with van der Waals surface area (Å²) in [6, 6.07) is 14.9. The molecule has 3 heteroatoms. The smallest absolute Gasteiger partial charge is 0.239 e. The molecule has 1 heterocycles. The van der Waals surface area contributed by atoms with E-state index in [0.717, 1.165) is 6.61 Å². The molecule has 2 aromatic rings. The zero-order valence-electron chi connectivity index (χ0n) is 12.8. The molecule has 0 N–H and O–H groups in total. The van der Waals surface area contributed by atoms with Crippen LogP contribution >= 0.6 is 11.3 Å². The second-order valence-electron chi connectivity index (χ2n) is 5.85. The monoisotopic (exact) mass is 304 g/mol. The van der Waals surface area contributed by atoms with Crippen molar-refractivity contribution in [3.63, 3.8) is 0 Å². The molecule has 0 atom stereocenters. The lowest BCUT2D eigenvalue weighted by Gasteiger charge is -2.38. The molecular formula is C17H24OSSi. The number of hydrogen-bond acceptors (Lipinski definition) is 2. The zero-order valence-corrected chi connectivity index (χ0v) is 14.6. The number of thiophene rings is 1. The first kappa shape index (κ1) is 15.5. The van der Waals surface area contributed by atoms with Gasteiger partial charge in [-0.05, 0) is 28.1 Å². The highest BCUT2D eigenvalue weighted by molar-refractivity contribution is 7.25. The Balaban J connectivity index is 2.27. The summed E-state index contributed by atoms with van der Waals surface area (Å²) in [5.74, 6) is 0. The Morgan fingerprint density at radius 2 is 1.60 bits per heavy atom. The molecule has 0 fully saturated rings. The maximum absolute atomic E-state index is 6.63. The summed E-state index contributed by atoms with van der Waals surface area (Å²) in [6.07, 6.45) is 0. The highest BCUT2D eigenvalue weighted by atomic mass is 32.1. The van der Waals surface area contributed by atoms with Gasteiger partial charge in [0, 0.05) is 4.50 Å². The van der Waals surface area contributed by atoms with E-state index in [9.17, 15) is 0 Å². The molecule has 0 saturated carbocycles. The van der Waals surface area contributed by atoms with Crippen LogP contribution in [-0.2, 0) is 11.0 Å².